The number of piperazine rings is 1. The largest absolute Gasteiger partial charge is 0.337 e. The SMILES string of the molecule is CCc1ccc(/C=C/C(=O)N2CCN(S(=O)(=O)c3c(F)cccc3F)CC2)cc1. The van der Waals surface area contributed by atoms with Crippen molar-refractivity contribution >= 4 is 22.0 Å². The van der Waals surface area contributed by atoms with Gasteiger partial charge in [-0.1, -0.05) is 37.3 Å². The molecule has 5 nitrogen and oxygen atoms in total. The first-order chi connectivity index (χ1) is 13.8. The summed E-state index contributed by atoms with van der Waals surface area (Å²) in [6.45, 7) is 2.30. The average Bonchev–Trinajstić information content (AvgIpc) is 2.72. The third-order valence-electron chi connectivity index (χ3n) is 4.87. The van der Waals surface area contributed by atoms with E-state index in [2.05, 4.69) is 6.92 Å². The van der Waals surface area contributed by atoms with Crippen LogP contribution in [0.2, 0.25) is 0 Å². The summed E-state index contributed by atoms with van der Waals surface area (Å²) in [7, 11) is -4.31. The van der Waals surface area contributed by atoms with Gasteiger partial charge in [-0.15, -0.1) is 0 Å². The minimum Gasteiger partial charge on any atom is -0.337 e. The molecule has 0 spiro atoms. The van der Waals surface area contributed by atoms with Crippen molar-refractivity contribution in [1.29, 1.82) is 0 Å². The summed E-state index contributed by atoms with van der Waals surface area (Å²) in [6.07, 6.45) is 4.09. The first-order valence-electron chi connectivity index (χ1n) is 9.33. The monoisotopic (exact) mass is 420 g/mol. The van der Waals surface area contributed by atoms with Crippen LogP contribution in [0.4, 0.5) is 8.78 Å². The molecule has 154 valence electrons. The van der Waals surface area contributed by atoms with Crippen LogP contribution in [0.25, 0.3) is 6.08 Å². The van der Waals surface area contributed by atoms with Crippen molar-refractivity contribution in [2.24, 2.45) is 0 Å². The van der Waals surface area contributed by atoms with Crippen molar-refractivity contribution in [3.63, 3.8) is 0 Å². The predicted octanol–water partition coefficient (Wildman–Crippen LogP) is 3.07. The molecule has 0 N–H and O–H groups in total. The van der Waals surface area contributed by atoms with Gasteiger partial charge in [0.1, 0.15) is 11.6 Å². The van der Waals surface area contributed by atoms with Crippen LogP contribution in [0.15, 0.2) is 53.4 Å². The van der Waals surface area contributed by atoms with Gasteiger partial charge in [0.25, 0.3) is 0 Å². The maximum Gasteiger partial charge on any atom is 0.249 e. The first-order valence-corrected chi connectivity index (χ1v) is 10.8. The van der Waals surface area contributed by atoms with E-state index in [1.54, 1.807) is 6.08 Å². The Hall–Kier alpha value is -2.58. The molecule has 1 aliphatic heterocycles. The maximum atomic E-state index is 13.9. The zero-order valence-corrected chi connectivity index (χ0v) is 16.8. The third-order valence-corrected chi connectivity index (χ3v) is 6.82. The van der Waals surface area contributed by atoms with Gasteiger partial charge in [-0.25, -0.2) is 17.2 Å². The Morgan fingerprint density at radius 1 is 1.00 bits per heavy atom. The quantitative estimate of drug-likeness (QED) is 0.699. The number of nitrogens with zero attached hydrogens (tertiary/aromatic N) is 2. The summed E-state index contributed by atoms with van der Waals surface area (Å²) in [5, 5.41) is 0. The number of hydrogen-bond acceptors (Lipinski definition) is 3. The van der Waals surface area contributed by atoms with E-state index < -0.39 is 26.6 Å². The van der Waals surface area contributed by atoms with Crippen LogP contribution in [0.1, 0.15) is 18.1 Å². The average molecular weight is 420 g/mol. The van der Waals surface area contributed by atoms with E-state index in [-0.39, 0.29) is 32.1 Å². The van der Waals surface area contributed by atoms with Crippen molar-refractivity contribution < 1.29 is 22.0 Å². The number of aryl methyl sites for hydroxylation is 1. The molecule has 0 atom stereocenters. The second kappa shape index (κ2) is 8.84. The Labute approximate surface area is 169 Å². The number of hydrogen-bond donors (Lipinski definition) is 0. The Morgan fingerprint density at radius 3 is 2.14 bits per heavy atom. The lowest BCUT2D eigenvalue weighted by Gasteiger charge is -2.33. The molecule has 29 heavy (non-hydrogen) atoms. The summed E-state index contributed by atoms with van der Waals surface area (Å²) >= 11 is 0. The van der Waals surface area contributed by atoms with E-state index >= 15 is 0 Å². The van der Waals surface area contributed by atoms with Crippen molar-refractivity contribution in [2.75, 3.05) is 26.2 Å². The zero-order valence-electron chi connectivity index (χ0n) is 16.0. The maximum absolute atomic E-state index is 13.9. The molecule has 0 saturated carbocycles. The standard InChI is InChI=1S/C21H22F2N2O3S/c1-2-16-6-8-17(9-7-16)10-11-20(26)24-12-14-25(15-13-24)29(27,28)21-18(22)4-3-5-19(21)23/h3-11H,2,12-15H2,1H3/b11-10+. The molecule has 1 saturated heterocycles. The highest BCUT2D eigenvalue weighted by Gasteiger charge is 2.33. The fourth-order valence-corrected chi connectivity index (χ4v) is 4.68. The summed E-state index contributed by atoms with van der Waals surface area (Å²) in [4.78, 5) is 12.9. The molecule has 0 aliphatic carbocycles. The molecule has 0 aromatic heterocycles. The number of sulfonamides is 1. The summed E-state index contributed by atoms with van der Waals surface area (Å²) in [5.74, 6) is -2.49. The highest BCUT2D eigenvalue weighted by atomic mass is 32.2. The highest BCUT2D eigenvalue weighted by molar-refractivity contribution is 7.89. The summed E-state index contributed by atoms with van der Waals surface area (Å²) in [5.41, 5.74) is 2.10. The molecular formula is C21H22F2N2O3S. The Bertz CT molecular complexity index is 992. The molecule has 2 aromatic rings. The van der Waals surface area contributed by atoms with Gasteiger partial charge < -0.3 is 4.90 Å². The van der Waals surface area contributed by atoms with Crippen LogP contribution in [0.5, 0.6) is 0 Å². The smallest absolute Gasteiger partial charge is 0.249 e. The molecule has 1 amide bonds. The number of carbonyl (C=O) groups is 1. The van der Waals surface area contributed by atoms with Gasteiger partial charge in [0.15, 0.2) is 4.90 Å². The van der Waals surface area contributed by atoms with Crippen molar-refractivity contribution in [3.05, 3.63) is 71.3 Å². The van der Waals surface area contributed by atoms with Crippen molar-refractivity contribution in [3.8, 4) is 0 Å². The minimum absolute atomic E-state index is 0.0269. The van der Waals surface area contributed by atoms with Gasteiger partial charge in [0, 0.05) is 32.3 Å². The second-order valence-electron chi connectivity index (χ2n) is 6.71. The third kappa shape index (κ3) is 4.71. The molecule has 2 aromatic carbocycles. The van der Waals surface area contributed by atoms with Gasteiger partial charge in [-0.2, -0.15) is 4.31 Å². The number of amides is 1. The minimum atomic E-state index is -4.31. The Morgan fingerprint density at radius 2 is 1.59 bits per heavy atom. The van der Waals surface area contributed by atoms with E-state index in [1.807, 2.05) is 24.3 Å². The van der Waals surface area contributed by atoms with Gasteiger partial charge in [0.2, 0.25) is 15.9 Å². The van der Waals surface area contributed by atoms with E-state index in [0.29, 0.717) is 0 Å². The van der Waals surface area contributed by atoms with Crippen molar-refractivity contribution in [2.45, 2.75) is 18.2 Å². The van der Waals surface area contributed by atoms with Crippen molar-refractivity contribution in [1.82, 2.24) is 9.21 Å². The van der Waals surface area contributed by atoms with E-state index in [9.17, 15) is 22.0 Å². The lowest BCUT2D eigenvalue weighted by atomic mass is 10.1. The predicted molar refractivity (Wildman–Crippen MR) is 107 cm³/mol. The van der Waals surface area contributed by atoms with Crippen LogP contribution in [-0.4, -0.2) is 49.7 Å². The molecule has 3 rings (SSSR count). The van der Waals surface area contributed by atoms with Crippen LogP contribution < -0.4 is 0 Å². The van der Waals surface area contributed by atoms with E-state index in [4.69, 9.17) is 0 Å². The molecule has 0 unspecified atom stereocenters. The molecule has 1 aliphatic rings. The van der Waals surface area contributed by atoms with Crippen LogP contribution in [0.3, 0.4) is 0 Å². The zero-order chi connectivity index (χ0) is 21.0. The topological polar surface area (TPSA) is 57.7 Å². The Balaban J connectivity index is 1.63. The fourth-order valence-electron chi connectivity index (χ4n) is 3.14. The van der Waals surface area contributed by atoms with E-state index in [1.165, 1.54) is 16.5 Å². The lowest BCUT2D eigenvalue weighted by molar-refractivity contribution is -0.127. The van der Waals surface area contributed by atoms with Crippen LogP contribution >= 0.6 is 0 Å². The normalized spacial score (nSPS) is 15.8. The number of rotatable bonds is 5. The van der Waals surface area contributed by atoms with Gasteiger partial charge in [0.05, 0.1) is 0 Å². The van der Waals surface area contributed by atoms with Gasteiger partial charge in [-0.05, 0) is 35.8 Å². The van der Waals surface area contributed by atoms with Crippen LogP contribution in [0, 0.1) is 11.6 Å². The van der Waals surface area contributed by atoms with Crippen LogP contribution in [-0.2, 0) is 21.2 Å². The fraction of sp³-hybridized carbons (Fsp3) is 0.286. The number of benzene rings is 2. The second-order valence-corrected chi connectivity index (χ2v) is 8.58. The number of halogens is 2. The first kappa shape index (κ1) is 21.1. The molecule has 1 fully saturated rings. The van der Waals surface area contributed by atoms with E-state index in [0.717, 1.165) is 34.5 Å². The molecular weight excluding hydrogens is 398 g/mol. The summed E-state index contributed by atoms with van der Waals surface area (Å²) < 4.78 is 54.0. The molecule has 8 heteroatoms. The highest BCUT2D eigenvalue weighted by Crippen LogP contribution is 2.23. The molecule has 0 bridgehead atoms. The van der Waals surface area contributed by atoms with Gasteiger partial charge >= 0.3 is 0 Å². The molecule has 0 radical (unpaired) electrons. The summed E-state index contributed by atoms with van der Waals surface area (Å²) in [6, 6.07) is 10.8. The van der Waals surface area contributed by atoms with Gasteiger partial charge in [-0.3, -0.25) is 4.79 Å². The molecule has 1 heterocycles. The lowest BCUT2D eigenvalue weighted by Crippen LogP contribution is -2.50. The number of carbonyl (C=O) groups excluding carboxylic acids is 1. The Kier molecular flexibility index (Phi) is 6.44.